The standard InChI is InChI=1S/C27H33N3O5/c1-30(2)12-11-24(26(33)28-18-13-17(14-18)15-25(31)32)29-27(34)35-16-23-21-9-5-3-7-19(21)20-8-4-6-10-22(20)23/h3-10,17-18,23-24H,11-16H2,1-2H3,(H,28,33)(H,29,34)(H,31,32). The molecule has 8 nitrogen and oxygen atoms in total. The second-order valence-corrected chi connectivity index (χ2v) is 9.76. The molecule has 186 valence electrons. The molecule has 2 aliphatic carbocycles. The summed E-state index contributed by atoms with van der Waals surface area (Å²) < 4.78 is 5.62. The number of nitrogens with zero attached hydrogens (tertiary/aromatic N) is 1. The Labute approximate surface area is 205 Å². The van der Waals surface area contributed by atoms with E-state index in [1.165, 1.54) is 0 Å². The molecule has 1 unspecified atom stereocenters. The maximum Gasteiger partial charge on any atom is 0.407 e. The van der Waals surface area contributed by atoms with Crippen molar-refractivity contribution in [3.8, 4) is 11.1 Å². The molecule has 8 heteroatoms. The smallest absolute Gasteiger partial charge is 0.407 e. The minimum absolute atomic E-state index is 0.0525. The van der Waals surface area contributed by atoms with Crippen LogP contribution in [0.5, 0.6) is 0 Å². The molecule has 0 spiro atoms. The average Bonchev–Trinajstić information content (AvgIpc) is 3.12. The van der Waals surface area contributed by atoms with Crippen LogP contribution < -0.4 is 10.6 Å². The van der Waals surface area contributed by atoms with Crippen molar-refractivity contribution in [2.45, 2.75) is 43.7 Å². The lowest BCUT2D eigenvalue weighted by Crippen LogP contribution is -2.53. The number of rotatable bonds is 10. The van der Waals surface area contributed by atoms with Gasteiger partial charge in [0.15, 0.2) is 0 Å². The van der Waals surface area contributed by atoms with Crippen molar-refractivity contribution in [3.63, 3.8) is 0 Å². The lowest BCUT2D eigenvalue weighted by Gasteiger charge is -2.36. The molecule has 35 heavy (non-hydrogen) atoms. The number of benzene rings is 2. The summed E-state index contributed by atoms with van der Waals surface area (Å²) in [5.41, 5.74) is 4.57. The van der Waals surface area contributed by atoms with Crippen molar-refractivity contribution < 1.29 is 24.2 Å². The Balaban J connectivity index is 1.34. The van der Waals surface area contributed by atoms with Gasteiger partial charge in [-0.1, -0.05) is 48.5 Å². The van der Waals surface area contributed by atoms with Crippen molar-refractivity contribution in [2.24, 2.45) is 5.92 Å². The number of alkyl carbamates (subject to hydrolysis) is 1. The van der Waals surface area contributed by atoms with E-state index in [1.807, 2.05) is 43.3 Å². The van der Waals surface area contributed by atoms with Crippen LogP contribution in [0.1, 0.15) is 42.7 Å². The van der Waals surface area contributed by atoms with Crippen LogP contribution in [0.2, 0.25) is 0 Å². The van der Waals surface area contributed by atoms with Gasteiger partial charge < -0.3 is 25.4 Å². The zero-order valence-corrected chi connectivity index (χ0v) is 20.2. The van der Waals surface area contributed by atoms with Crippen LogP contribution in [-0.4, -0.2) is 67.3 Å². The molecule has 2 aliphatic rings. The number of fused-ring (bicyclic) bond motifs is 3. The largest absolute Gasteiger partial charge is 0.481 e. The fraction of sp³-hybridized carbons (Fsp3) is 0.444. The van der Waals surface area contributed by atoms with E-state index in [0.717, 1.165) is 22.3 Å². The highest BCUT2D eigenvalue weighted by atomic mass is 16.5. The molecule has 1 saturated carbocycles. The third-order valence-electron chi connectivity index (χ3n) is 6.86. The Morgan fingerprint density at radius 2 is 1.63 bits per heavy atom. The number of carboxylic acid groups (broad SMARTS) is 1. The molecule has 0 heterocycles. The maximum atomic E-state index is 12.9. The highest BCUT2D eigenvalue weighted by Crippen LogP contribution is 2.44. The number of aliphatic carboxylic acids is 1. The number of carbonyl (C=O) groups is 3. The molecule has 2 aromatic rings. The summed E-state index contributed by atoms with van der Waals surface area (Å²) in [4.78, 5) is 38.4. The van der Waals surface area contributed by atoms with E-state index >= 15 is 0 Å². The third kappa shape index (κ3) is 6.00. The van der Waals surface area contributed by atoms with Gasteiger partial charge in [-0.25, -0.2) is 4.79 Å². The normalized spacial score (nSPS) is 19.3. The van der Waals surface area contributed by atoms with Gasteiger partial charge in [0.05, 0.1) is 0 Å². The highest BCUT2D eigenvalue weighted by molar-refractivity contribution is 5.86. The first-order chi connectivity index (χ1) is 16.8. The van der Waals surface area contributed by atoms with Gasteiger partial charge in [-0.2, -0.15) is 0 Å². The summed E-state index contributed by atoms with van der Waals surface area (Å²) in [6.45, 7) is 0.801. The topological polar surface area (TPSA) is 108 Å². The van der Waals surface area contributed by atoms with Gasteiger partial charge in [0.2, 0.25) is 5.91 Å². The van der Waals surface area contributed by atoms with E-state index in [0.29, 0.717) is 25.8 Å². The van der Waals surface area contributed by atoms with E-state index in [1.54, 1.807) is 0 Å². The first kappa shape index (κ1) is 24.7. The molecule has 0 aliphatic heterocycles. The van der Waals surface area contributed by atoms with E-state index in [-0.39, 0.29) is 36.8 Å². The van der Waals surface area contributed by atoms with Gasteiger partial charge in [0, 0.05) is 18.4 Å². The molecule has 1 atom stereocenters. The molecule has 0 saturated heterocycles. The molecular formula is C27H33N3O5. The van der Waals surface area contributed by atoms with E-state index in [2.05, 4.69) is 34.9 Å². The van der Waals surface area contributed by atoms with Gasteiger partial charge in [0.1, 0.15) is 12.6 Å². The molecule has 2 amide bonds. The molecule has 0 bridgehead atoms. The van der Waals surface area contributed by atoms with Gasteiger partial charge in [-0.3, -0.25) is 9.59 Å². The second-order valence-electron chi connectivity index (χ2n) is 9.76. The monoisotopic (exact) mass is 479 g/mol. The quantitative estimate of drug-likeness (QED) is 0.483. The molecule has 2 aromatic carbocycles. The number of ether oxygens (including phenoxy) is 1. The van der Waals surface area contributed by atoms with Gasteiger partial charge in [-0.05, 0) is 68.1 Å². The number of carboxylic acids is 1. The summed E-state index contributed by atoms with van der Waals surface area (Å²) in [6.07, 6.45) is 1.22. The third-order valence-corrected chi connectivity index (χ3v) is 6.86. The lowest BCUT2D eigenvalue weighted by atomic mass is 9.78. The van der Waals surface area contributed by atoms with E-state index < -0.39 is 18.1 Å². The Hall–Kier alpha value is -3.39. The van der Waals surface area contributed by atoms with Crippen LogP contribution in [-0.2, 0) is 14.3 Å². The van der Waals surface area contributed by atoms with Crippen molar-refractivity contribution in [1.82, 2.24) is 15.5 Å². The van der Waals surface area contributed by atoms with Crippen LogP contribution in [0.15, 0.2) is 48.5 Å². The Morgan fingerprint density at radius 3 is 2.20 bits per heavy atom. The fourth-order valence-electron chi connectivity index (χ4n) is 5.01. The number of hydrogen-bond donors (Lipinski definition) is 3. The van der Waals surface area contributed by atoms with Crippen molar-refractivity contribution in [1.29, 1.82) is 0 Å². The van der Waals surface area contributed by atoms with Crippen LogP contribution in [0.25, 0.3) is 11.1 Å². The van der Waals surface area contributed by atoms with Crippen LogP contribution >= 0.6 is 0 Å². The maximum absolute atomic E-state index is 12.9. The second kappa shape index (κ2) is 10.9. The SMILES string of the molecule is CN(C)CCC(NC(=O)OCC1c2ccccc2-c2ccccc21)C(=O)NC1CC(CC(=O)O)C1. The first-order valence-electron chi connectivity index (χ1n) is 12.1. The zero-order valence-electron chi connectivity index (χ0n) is 20.2. The predicted octanol–water partition coefficient (Wildman–Crippen LogP) is 3.21. The van der Waals surface area contributed by atoms with Crippen LogP contribution in [0.4, 0.5) is 4.79 Å². The Kier molecular flexibility index (Phi) is 7.70. The molecular weight excluding hydrogens is 446 g/mol. The number of nitrogens with one attached hydrogen (secondary N) is 2. The first-order valence-corrected chi connectivity index (χ1v) is 12.1. The summed E-state index contributed by atoms with van der Waals surface area (Å²) >= 11 is 0. The summed E-state index contributed by atoms with van der Waals surface area (Å²) in [5.74, 6) is -1.05. The molecule has 4 rings (SSSR count). The number of amides is 2. The van der Waals surface area contributed by atoms with Crippen LogP contribution in [0.3, 0.4) is 0 Å². The molecule has 0 aromatic heterocycles. The van der Waals surface area contributed by atoms with E-state index in [9.17, 15) is 14.4 Å². The molecule has 3 N–H and O–H groups in total. The zero-order chi connectivity index (χ0) is 24.9. The van der Waals surface area contributed by atoms with Gasteiger partial charge >= 0.3 is 12.1 Å². The Bertz CT molecular complexity index is 1030. The minimum Gasteiger partial charge on any atom is -0.481 e. The fourth-order valence-corrected chi connectivity index (χ4v) is 5.01. The summed E-state index contributed by atoms with van der Waals surface area (Å²) in [6, 6.07) is 15.5. The molecule has 1 fully saturated rings. The molecule has 0 radical (unpaired) electrons. The number of carbonyl (C=O) groups excluding carboxylic acids is 2. The predicted molar refractivity (Wildman–Crippen MR) is 132 cm³/mol. The highest BCUT2D eigenvalue weighted by Gasteiger charge is 2.34. The van der Waals surface area contributed by atoms with Crippen molar-refractivity contribution >= 4 is 18.0 Å². The van der Waals surface area contributed by atoms with E-state index in [4.69, 9.17) is 9.84 Å². The van der Waals surface area contributed by atoms with Gasteiger partial charge in [-0.15, -0.1) is 0 Å². The summed E-state index contributed by atoms with van der Waals surface area (Å²) in [5, 5.41) is 14.6. The average molecular weight is 480 g/mol. The van der Waals surface area contributed by atoms with Crippen LogP contribution in [0, 0.1) is 5.92 Å². The summed E-state index contributed by atoms with van der Waals surface area (Å²) in [7, 11) is 3.81. The number of hydrogen-bond acceptors (Lipinski definition) is 5. The Morgan fingerprint density at radius 1 is 1.03 bits per heavy atom. The van der Waals surface area contributed by atoms with Gasteiger partial charge in [0.25, 0.3) is 0 Å². The minimum atomic E-state index is -0.819. The van der Waals surface area contributed by atoms with Crippen molar-refractivity contribution in [3.05, 3.63) is 59.7 Å². The lowest BCUT2D eigenvalue weighted by molar-refractivity contribution is -0.139. The van der Waals surface area contributed by atoms with Crippen molar-refractivity contribution in [2.75, 3.05) is 27.2 Å².